The zero-order valence-electron chi connectivity index (χ0n) is 15.8. The number of benzene rings is 1. The van der Waals surface area contributed by atoms with Crippen LogP contribution in [0.1, 0.15) is 17.4 Å². The normalized spacial score (nSPS) is 14.5. The van der Waals surface area contributed by atoms with E-state index in [1.165, 1.54) is 5.69 Å². The van der Waals surface area contributed by atoms with Crippen molar-refractivity contribution in [1.82, 2.24) is 9.47 Å². The van der Waals surface area contributed by atoms with Gasteiger partial charge in [-0.1, -0.05) is 18.2 Å². The molecule has 1 aromatic carbocycles. The molecule has 7 heteroatoms. The van der Waals surface area contributed by atoms with Crippen molar-refractivity contribution < 1.29 is 18.7 Å². The van der Waals surface area contributed by atoms with E-state index >= 15 is 0 Å². The second-order valence-electron chi connectivity index (χ2n) is 6.71. The molecule has 1 aliphatic heterocycles. The van der Waals surface area contributed by atoms with Gasteiger partial charge in [-0.15, -0.1) is 0 Å². The summed E-state index contributed by atoms with van der Waals surface area (Å²) in [6.45, 7) is 4.99. The highest BCUT2D eigenvalue weighted by molar-refractivity contribution is 5.95. The first kappa shape index (κ1) is 18.2. The quantitative estimate of drug-likeness (QED) is 0.636. The number of nitrogens with zero attached hydrogens (tertiary/aromatic N) is 3. The maximum absolute atomic E-state index is 12.9. The van der Waals surface area contributed by atoms with E-state index in [1.807, 2.05) is 23.1 Å². The number of amides is 1. The molecular formula is C21H23N3O4. The first-order chi connectivity index (χ1) is 13.7. The summed E-state index contributed by atoms with van der Waals surface area (Å²) in [5.41, 5.74) is 2.81. The number of aromatic nitrogens is 1. The van der Waals surface area contributed by atoms with Crippen LogP contribution in [0.5, 0.6) is 0 Å². The number of carbonyl (C=O) groups excluding carboxylic acids is 2. The fourth-order valence-corrected chi connectivity index (χ4v) is 3.61. The van der Waals surface area contributed by atoms with Gasteiger partial charge in [0.1, 0.15) is 12.2 Å². The van der Waals surface area contributed by atoms with Crippen LogP contribution in [0.2, 0.25) is 0 Å². The van der Waals surface area contributed by atoms with Crippen LogP contribution in [-0.4, -0.2) is 54.1 Å². The molecule has 7 nitrogen and oxygen atoms in total. The minimum absolute atomic E-state index is 0.0167. The molecule has 1 amide bonds. The first-order valence-corrected chi connectivity index (χ1v) is 9.49. The van der Waals surface area contributed by atoms with Crippen LogP contribution in [0, 0.1) is 0 Å². The highest BCUT2D eigenvalue weighted by atomic mass is 16.5. The lowest BCUT2D eigenvalue weighted by molar-refractivity contribution is -0.132. The fraction of sp³-hybridized carbons (Fsp3) is 0.333. The highest BCUT2D eigenvalue weighted by Gasteiger charge is 2.25. The molecule has 0 aliphatic carbocycles. The Balaban J connectivity index is 1.46. The summed E-state index contributed by atoms with van der Waals surface area (Å²) in [4.78, 5) is 29.3. The number of furan rings is 1. The molecule has 0 atom stereocenters. The number of fused-ring (bicyclic) bond motifs is 1. The van der Waals surface area contributed by atoms with Gasteiger partial charge >= 0.3 is 5.97 Å². The van der Waals surface area contributed by atoms with Gasteiger partial charge in [-0.2, -0.15) is 0 Å². The van der Waals surface area contributed by atoms with E-state index in [-0.39, 0.29) is 19.1 Å². The number of para-hydroxylation sites is 1. The Morgan fingerprint density at radius 3 is 2.54 bits per heavy atom. The van der Waals surface area contributed by atoms with Crippen LogP contribution in [-0.2, 0) is 16.1 Å². The fourth-order valence-electron chi connectivity index (χ4n) is 3.61. The summed E-state index contributed by atoms with van der Waals surface area (Å²) in [5.74, 6) is -0.465. The van der Waals surface area contributed by atoms with Gasteiger partial charge in [-0.25, -0.2) is 4.79 Å². The summed E-state index contributed by atoms with van der Waals surface area (Å²) in [5, 5.41) is 0. The van der Waals surface area contributed by atoms with Gasteiger partial charge in [0.05, 0.1) is 18.4 Å². The maximum atomic E-state index is 12.9. The predicted molar refractivity (Wildman–Crippen MR) is 105 cm³/mol. The van der Waals surface area contributed by atoms with E-state index in [4.69, 9.17) is 9.15 Å². The van der Waals surface area contributed by atoms with Crippen molar-refractivity contribution in [3.63, 3.8) is 0 Å². The van der Waals surface area contributed by atoms with Gasteiger partial charge in [-0.3, -0.25) is 4.79 Å². The number of hydrogen-bond donors (Lipinski definition) is 0. The van der Waals surface area contributed by atoms with E-state index in [9.17, 15) is 9.59 Å². The number of anilines is 1. The smallest absolute Gasteiger partial charge is 0.355 e. The standard InChI is InChI=1S/C21H23N3O4/c1-2-27-21(26)18-14-19-17(8-13-28-19)24(18)15-20(25)23-11-9-22(10-12-23)16-6-4-3-5-7-16/h3-8,13-14H,2,9-12,15H2,1H3. The van der Waals surface area contributed by atoms with Gasteiger partial charge in [-0.05, 0) is 19.1 Å². The molecule has 1 fully saturated rings. The number of ether oxygens (including phenoxy) is 1. The van der Waals surface area contributed by atoms with Gasteiger partial charge in [0.2, 0.25) is 5.91 Å². The van der Waals surface area contributed by atoms with Crippen molar-refractivity contribution in [2.45, 2.75) is 13.5 Å². The Kier molecular flexibility index (Phi) is 5.06. The average molecular weight is 381 g/mol. The van der Waals surface area contributed by atoms with Gasteiger partial charge in [0.25, 0.3) is 0 Å². The van der Waals surface area contributed by atoms with Crippen molar-refractivity contribution >= 4 is 28.7 Å². The lowest BCUT2D eigenvalue weighted by Gasteiger charge is -2.36. The summed E-state index contributed by atoms with van der Waals surface area (Å²) in [6, 6.07) is 13.6. The van der Waals surface area contributed by atoms with Crippen LogP contribution in [0.3, 0.4) is 0 Å². The second-order valence-corrected chi connectivity index (χ2v) is 6.71. The number of esters is 1. The minimum Gasteiger partial charge on any atom is -0.463 e. The maximum Gasteiger partial charge on any atom is 0.355 e. The molecule has 3 aromatic rings. The van der Waals surface area contributed by atoms with Crippen molar-refractivity contribution in [2.24, 2.45) is 0 Å². The highest BCUT2D eigenvalue weighted by Crippen LogP contribution is 2.22. The molecule has 1 aliphatic rings. The molecule has 3 heterocycles. The number of hydrogen-bond acceptors (Lipinski definition) is 5. The van der Waals surface area contributed by atoms with Crippen LogP contribution < -0.4 is 4.90 Å². The largest absolute Gasteiger partial charge is 0.463 e. The van der Waals surface area contributed by atoms with Crippen molar-refractivity contribution in [3.8, 4) is 0 Å². The van der Waals surface area contributed by atoms with Gasteiger partial charge < -0.3 is 23.5 Å². The molecule has 0 unspecified atom stereocenters. The molecule has 2 aromatic heterocycles. The van der Waals surface area contributed by atoms with Crippen LogP contribution in [0.4, 0.5) is 5.69 Å². The lowest BCUT2D eigenvalue weighted by atomic mass is 10.2. The topological polar surface area (TPSA) is 67.9 Å². The van der Waals surface area contributed by atoms with Crippen molar-refractivity contribution in [1.29, 1.82) is 0 Å². The summed E-state index contributed by atoms with van der Waals surface area (Å²) >= 11 is 0. The van der Waals surface area contributed by atoms with Gasteiger partial charge in [0.15, 0.2) is 5.58 Å². The summed E-state index contributed by atoms with van der Waals surface area (Å²) in [6.07, 6.45) is 1.55. The Hall–Kier alpha value is -3.22. The predicted octanol–water partition coefficient (Wildman–Crippen LogP) is 2.76. The molecular weight excluding hydrogens is 358 g/mol. The average Bonchev–Trinajstić information content (AvgIpc) is 3.31. The van der Waals surface area contributed by atoms with E-state index < -0.39 is 5.97 Å². The third kappa shape index (κ3) is 3.47. The number of piperazine rings is 1. The van der Waals surface area contributed by atoms with Gasteiger partial charge in [0, 0.05) is 44.0 Å². The van der Waals surface area contributed by atoms with Crippen LogP contribution in [0.15, 0.2) is 53.1 Å². The SMILES string of the molecule is CCOC(=O)c1cc2occc2n1CC(=O)N1CCN(c2ccccc2)CC1. The molecule has 4 rings (SSSR count). The molecule has 0 radical (unpaired) electrons. The second kappa shape index (κ2) is 7.80. The zero-order valence-corrected chi connectivity index (χ0v) is 15.8. The molecule has 0 saturated carbocycles. The summed E-state index contributed by atoms with van der Waals surface area (Å²) < 4.78 is 12.2. The van der Waals surface area contributed by atoms with Crippen molar-refractivity contribution in [3.05, 3.63) is 54.4 Å². The van der Waals surface area contributed by atoms with Crippen LogP contribution >= 0.6 is 0 Å². The third-order valence-corrected chi connectivity index (χ3v) is 5.05. The van der Waals surface area contributed by atoms with E-state index in [0.29, 0.717) is 24.4 Å². The monoisotopic (exact) mass is 381 g/mol. The molecule has 0 N–H and O–H groups in total. The Morgan fingerprint density at radius 2 is 1.82 bits per heavy atom. The van der Waals surface area contributed by atoms with E-state index in [2.05, 4.69) is 17.0 Å². The van der Waals surface area contributed by atoms with Crippen molar-refractivity contribution in [2.75, 3.05) is 37.7 Å². The van der Waals surface area contributed by atoms with E-state index in [1.54, 1.807) is 29.9 Å². The zero-order chi connectivity index (χ0) is 19.5. The molecule has 1 saturated heterocycles. The molecule has 0 bridgehead atoms. The molecule has 0 spiro atoms. The van der Waals surface area contributed by atoms with Crippen LogP contribution in [0.25, 0.3) is 11.1 Å². The first-order valence-electron chi connectivity index (χ1n) is 9.49. The lowest BCUT2D eigenvalue weighted by Crippen LogP contribution is -2.49. The number of carbonyl (C=O) groups is 2. The Bertz CT molecular complexity index is 968. The van der Waals surface area contributed by atoms with E-state index in [0.717, 1.165) is 18.6 Å². The molecule has 28 heavy (non-hydrogen) atoms. The molecule has 146 valence electrons. The summed E-state index contributed by atoms with van der Waals surface area (Å²) in [7, 11) is 0. The number of rotatable bonds is 5. The third-order valence-electron chi connectivity index (χ3n) is 5.05. The minimum atomic E-state index is -0.449. The Labute approximate surface area is 163 Å². The Morgan fingerprint density at radius 1 is 1.07 bits per heavy atom.